The number of benzene rings is 5. The van der Waals surface area contributed by atoms with E-state index in [4.69, 9.17) is 39.9 Å². The van der Waals surface area contributed by atoms with Crippen LogP contribution in [0.2, 0.25) is 0 Å². The lowest BCUT2D eigenvalue weighted by Gasteiger charge is -2.12. The second kappa shape index (κ2) is 16.2. The van der Waals surface area contributed by atoms with Gasteiger partial charge in [-0.25, -0.2) is 34.9 Å². The van der Waals surface area contributed by atoms with Gasteiger partial charge in [0.2, 0.25) is 0 Å². The van der Waals surface area contributed by atoms with Crippen LogP contribution in [0.25, 0.3) is 102 Å². The van der Waals surface area contributed by atoms with E-state index in [1.165, 1.54) is 0 Å². The molecular formula is C52H34N8. The monoisotopic (exact) mass is 770 g/mol. The zero-order valence-electron chi connectivity index (χ0n) is 32.2. The Morgan fingerprint density at radius 2 is 0.600 bits per heavy atom. The third kappa shape index (κ3) is 7.68. The van der Waals surface area contributed by atoms with Gasteiger partial charge in [-0.05, 0) is 53.6 Å². The molecule has 60 heavy (non-hydrogen) atoms. The van der Waals surface area contributed by atoms with Crippen molar-refractivity contribution in [3.05, 3.63) is 206 Å². The fourth-order valence-electron chi connectivity index (χ4n) is 6.98. The number of hydrogen-bond acceptors (Lipinski definition) is 8. The van der Waals surface area contributed by atoms with E-state index in [0.717, 1.165) is 44.6 Å². The molecule has 0 aliphatic heterocycles. The Hall–Kier alpha value is -8.36. The summed E-state index contributed by atoms with van der Waals surface area (Å²) in [5.41, 5.74) is 11.6. The number of pyridine rings is 3. The highest BCUT2D eigenvalue weighted by Gasteiger charge is 2.17. The molecule has 0 unspecified atom stereocenters. The van der Waals surface area contributed by atoms with Gasteiger partial charge in [-0.2, -0.15) is 0 Å². The summed E-state index contributed by atoms with van der Waals surface area (Å²) in [6, 6.07) is 66.3. The van der Waals surface area contributed by atoms with Gasteiger partial charge in [0, 0.05) is 34.0 Å². The molecule has 282 valence electrons. The van der Waals surface area contributed by atoms with E-state index in [-0.39, 0.29) is 0 Å². The van der Waals surface area contributed by atoms with Crippen LogP contribution in [0.1, 0.15) is 0 Å². The van der Waals surface area contributed by atoms with Crippen LogP contribution in [0.15, 0.2) is 206 Å². The third-order valence-corrected chi connectivity index (χ3v) is 10.0. The molecule has 10 rings (SSSR count). The van der Waals surface area contributed by atoms with Crippen molar-refractivity contribution < 1.29 is 0 Å². The van der Waals surface area contributed by atoms with Gasteiger partial charge >= 0.3 is 0 Å². The number of nitrogens with zero attached hydrogens (tertiary/aromatic N) is 8. The molecule has 0 saturated carbocycles. The molecule has 5 aromatic carbocycles. The average Bonchev–Trinajstić information content (AvgIpc) is 3.35. The first-order valence-electron chi connectivity index (χ1n) is 19.6. The fraction of sp³-hybridized carbons (Fsp3) is 0. The molecule has 8 nitrogen and oxygen atoms in total. The minimum absolute atomic E-state index is 0.532. The van der Waals surface area contributed by atoms with Crippen molar-refractivity contribution in [3.63, 3.8) is 0 Å². The molecule has 0 saturated heterocycles. The summed E-state index contributed by atoms with van der Waals surface area (Å²) in [4.78, 5) is 39.9. The Kier molecular flexibility index (Phi) is 9.75. The molecule has 0 bridgehead atoms. The van der Waals surface area contributed by atoms with E-state index in [0.29, 0.717) is 57.5 Å². The summed E-state index contributed by atoms with van der Waals surface area (Å²) in [5, 5.41) is 0. The van der Waals surface area contributed by atoms with Crippen molar-refractivity contribution in [2.75, 3.05) is 0 Å². The maximum absolute atomic E-state index is 5.18. The summed E-state index contributed by atoms with van der Waals surface area (Å²) in [6.07, 6.45) is 1.80. The van der Waals surface area contributed by atoms with E-state index in [9.17, 15) is 0 Å². The van der Waals surface area contributed by atoms with Gasteiger partial charge in [0.05, 0.1) is 39.9 Å². The Morgan fingerprint density at radius 1 is 0.200 bits per heavy atom. The Labute approximate surface area is 347 Å². The van der Waals surface area contributed by atoms with Crippen LogP contribution in [0, 0.1) is 0 Å². The predicted octanol–water partition coefficient (Wildman–Crippen LogP) is 11.8. The lowest BCUT2D eigenvalue weighted by molar-refractivity contribution is 1.07. The Bertz CT molecular complexity index is 2940. The Balaban J connectivity index is 1.05. The highest BCUT2D eigenvalue weighted by molar-refractivity contribution is 5.77. The quantitative estimate of drug-likeness (QED) is 0.143. The van der Waals surface area contributed by atoms with Gasteiger partial charge in [0.25, 0.3) is 0 Å². The second-order valence-corrected chi connectivity index (χ2v) is 14.1. The molecule has 5 heterocycles. The average molecular weight is 771 g/mol. The van der Waals surface area contributed by atoms with Crippen LogP contribution in [-0.4, -0.2) is 39.9 Å². The lowest BCUT2D eigenvalue weighted by atomic mass is 10.0. The van der Waals surface area contributed by atoms with Crippen molar-refractivity contribution in [3.8, 4) is 102 Å². The van der Waals surface area contributed by atoms with E-state index >= 15 is 0 Å². The van der Waals surface area contributed by atoms with Crippen LogP contribution < -0.4 is 0 Å². The van der Waals surface area contributed by atoms with E-state index < -0.39 is 0 Å². The zero-order chi connectivity index (χ0) is 40.1. The molecular weight excluding hydrogens is 737 g/mol. The lowest BCUT2D eigenvalue weighted by Crippen LogP contribution is -2.00. The first-order valence-corrected chi connectivity index (χ1v) is 19.6. The molecule has 10 aromatic rings. The maximum atomic E-state index is 5.18. The summed E-state index contributed by atoms with van der Waals surface area (Å²) < 4.78 is 0. The summed E-state index contributed by atoms with van der Waals surface area (Å²) in [5.74, 6) is 2.35. The van der Waals surface area contributed by atoms with E-state index in [2.05, 4.69) is 36.4 Å². The largest absolute Gasteiger partial charge is 0.254 e. The van der Waals surface area contributed by atoms with Gasteiger partial charge in [-0.1, -0.05) is 158 Å². The molecule has 0 fully saturated rings. The van der Waals surface area contributed by atoms with Crippen LogP contribution in [0.4, 0.5) is 0 Å². The molecule has 0 radical (unpaired) electrons. The maximum Gasteiger partial charge on any atom is 0.165 e. The molecule has 0 aliphatic rings. The second-order valence-electron chi connectivity index (χ2n) is 14.1. The topological polar surface area (TPSA) is 103 Å². The fourth-order valence-corrected chi connectivity index (χ4v) is 6.98. The number of rotatable bonds is 9. The number of hydrogen-bond donors (Lipinski definition) is 0. The first-order chi connectivity index (χ1) is 29.7. The molecule has 8 heteroatoms. The van der Waals surface area contributed by atoms with Crippen LogP contribution in [0.5, 0.6) is 0 Å². The van der Waals surface area contributed by atoms with Gasteiger partial charge in [-0.15, -0.1) is 0 Å². The van der Waals surface area contributed by atoms with Crippen LogP contribution in [-0.2, 0) is 0 Å². The van der Waals surface area contributed by atoms with Crippen molar-refractivity contribution in [2.24, 2.45) is 0 Å². The highest BCUT2D eigenvalue weighted by Crippen LogP contribution is 2.32. The Morgan fingerprint density at radius 3 is 1.10 bits per heavy atom. The van der Waals surface area contributed by atoms with Gasteiger partial charge in [-0.3, -0.25) is 4.98 Å². The molecule has 0 N–H and O–H groups in total. The minimum atomic E-state index is 0.532. The molecule has 0 spiro atoms. The minimum Gasteiger partial charge on any atom is -0.254 e. The number of aromatic nitrogens is 8. The van der Waals surface area contributed by atoms with Crippen molar-refractivity contribution in [1.29, 1.82) is 0 Å². The standard InChI is InChI=1S/C52H34N8/c1-6-17-35(18-7-1)41-31-46(42-30-29-40(34-53-42)52-59-50(38-23-12-4-13-24-38)58-51(60-52)39-25-14-5-15-26-39)55-47(32-41)43-27-16-28-44(54-43)48-33-45(36-19-8-2-9-20-36)56-49(57-48)37-21-10-3-11-22-37/h1-34H. The predicted molar refractivity (Wildman–Crippen MR) is 238 cm³/mol. The van der Waals surface area contributed by atoms with Crippen LogP contribution >= 0.6 is 0 Å². The normalized spacial score (nSPS) is 11.0. The van der Waals surface area contributed by atoms with E-state index in [1.807, 2.05) is 164 Å². The van der Waals surface area contributed by atoms with Crippen molar-refractivity contribution in [1.82, 2.24) is 39.9 Å². The smallest absolute Gasteiger partial charge is 0.165 e. The van der Waals surface area contributed by atoms with Gasteiger partial charge in [0.15, 0.2) is 23.3 Å². The highest BCUT2D eigenvalue weighted by atomic mass is 15.0. The SMILES string of the molecule is c1ccc(-c2cc(-c3ccc(-c4nc(-c5ccccc5)nc(-c5ccccc5)n4)cn3)nc(-c3cccc(-c4cc(-c5ccccc5)nc(-c5ccccc5)n4)n3)c2)cc1. The third-order valence-electron chi connectivity index (χ3n) is 10.0. The summed E-state index contributed by atoms with van der Waals surface area (Å²) >= 11 is 0. The van der Waals surface area contributed by atoms with E-state index in [1.54, 1.807) is 6.20 Å². The van der Waals surface area contributed by atoms with Gasteiger partial charge in [0.1, 0.15) is 0 Å². The summed E-state index contributed by atoms with van der Waals surface area (Å²) in [6.45, 7) is 0. The molecule has 0 atom stereocenters. The van der Waals surface area contributed by atoms with Crippen molar-refractivity contribution in [2.45, 2.75) is 0 Å². The zero-order valence-corrected chi connectivity index (χ0v) is 32.2. The summed E-state index contributed by atoms with van der Waals surface area (Å²) in [7, 11) is 0. The molecule has 5 aromatic heterocycles. The molecule has 0 amide bonds. The van der Waals surface area contributed by atoms with Crippen molar-refractivity contribution >= 4 is 0 Å². The van der Waals surface area contributed by atoms with Crippen LogP contribution in [0.3, 0.4) is 0 Å². The van der Waals surface area contributed by atoms with Gasteiger partial charge < -0.3 is 0 Å². The first kappa shape index (κ1) is 36.0. The molecule has 0 aliphatic carbocycles.